The lowest BCUT2D eigenvalue weighted by Crippen LogP contribution is -2.39. The lowest BCUT2D eigenvalue weighted by atomic mass is 10.1. The summed E-state index contributed by atoms with van der Waals surface area (Å²) in [5.74, 6) is 1.13. The van der Waals surface area contributed by atoms with Crippen LogP contribution in [0.5, 0.6) is 11.5 Å². The van der Waals surface area contributed by atoms with Crippen LogP contribution >= 0.6 is 11.3 Å². The maximum Gasteiger partial charge on any atom is 0.254 e. The number of aromatic nitrogens is 1. The largest absolute Gasteiger partial charge is 0.493 e. The first-order valence-corrected chi connectivity index (χ1v) is 8.86. The highest BCUT2D eigenvalue weighted by atomic mass is 32.1. The normalized spacial score (nSPS) is 17.1. The molecule has 0 bridgehead atoms. The number of nitrogens with two attached hydrogens (primary N) is 1. The van der Waals surface area contributed by atoms with Gasteiger partial charge in [0.05, 0.1) is 18.3 Å². The fraction of sp³-hybridized carbons (Fsp3) is 0.412. The molecule has 2 aromatic rings. The van der Waals surface area contributed by atoms with E-state index < -0.39 is 0 Å². The van der Waals surface area contributed by atoms with Gasteiger partial charge in [-0.1, -0.05) is 0 Å². The minimum absolute atomic E-state index is 0.00713. The number of carbonyl (C=O) groups is 1. The number of likely N-dealkylation sites (tertiary alicyclic amines) is 1. The number of amides is 1. The Morgan fingerprint density at radius 1 is 1.46 bits per heavy atom. The molecule has 3 rings (SSSR count). The molecule has 2 N–H and O–H groups in total. The molecule has 24 heavy (non-hydrogen) atoms. The van der Waals surface area contributed by atoms with Crippen LogP contribution in [0.15, 0.2) is 29.1 Å². The molecule has 1 fully saturated rings. The predicted octanol–water partition coefficient (Wildman–Crippen LogP) is 2.29. The van der Waals surface area contributed by atoms with E-state index in [9.17, 15) is 4.79 Å². The van der Waals surface area contributed by atoms with Crippen molar-refractivity contribution in [2.24, 2.45) is 5.73 Å². The van der Waals surface area contributed by atoms with Crippen LogP contribution in [0.3, 0.4) is 0 Å². The van der Waals surface area contributed by atoms with Crippen LogP contribution in [0.4, 0.5) is 0 Å². The summed E-state index contributed by atoms with van der Waals surface area (Å²) in [6, 6.07) is 5.40. The van der Waals surface area contributed by atoms with E-state index in [2.05, 4.69) is 4.98 Å². The molecule has 1 unspecified atom stereocenters. The van der Waals surface area contributed by atoms with Gasteiger partial charge in [-0.05, 0) is 31.0 Å². The maximum atomic E-state index is 12.7. The van der Waals surface area contributed by atoms with Gasteiger partial charge < -0.3 is 20.1 Å². The Morgan fingerprint density at radius 2 is 2.33 bits per heavy atom. The van der Waals surface area contributed by atoms with E-state index >= 15 is 0 Å². The summed E-state index contributed by atoms with van der Waals surface area (Å²) in [6.07, 6.45) is 1.97. The van der Waals surface area contributed by atoms with Crippen LogP contribution in [-0.2, 0) is 6.61 Å². The third-order valence-electron chi connectivity index (χ3n) is 4.18. The Balaban J connectivity index is 1.74. The number of hydrogen-bond donors (Lipinski definition) is 1. The topological polar surface area (TPSA) is 77.7 Å². The van der Waals surface area contributed by atoms with Gasteiger partial charge in [0.1, 0.15) is 6.61 Å². The summed E-state index contributed by atoms with van der Waals surface area (Å²) in [5.41, 5.74) is 8.98. The van der Waals surface area contributed by atoms with Gasteiger partial charge in [-0.15, -0.1) is 11.3 Å². The first-order valence-electron chi connectivity index (χ1n) is 7.92. The van der Waals surface area contributed by atoms with E-state index in [0.29, 0.717) is 30.2 Å². The van der Waals surface area contributed by atoms with Crippen LogP contribution in [0.25, 0.3) is 0 Å². The second-order valence-corrected chi connectivity index (χ2v) is 6.38. The molecular formula is C17H21N3O3S. The summed E-state index contributed by atoms with van der Waals surface area (Å²) in [5, 5.41) is 1.94. The minimum Gasteiger partial charge on any atom is -0.493 e. The number of carbonyl (C=O) groups excluding carboxylic acids is 1. The smallest absolute Gasteiger partial charge is 0.254 e. The number of rotatable bonds is 6. The van der Waals surface area contributed by atoms with Gasteiger partial charge in [-0.2, -0.15) is 0 Å². The molecular weight excluding hydrogens is 326 g/mol. The van der Waals surface area contributed by atoms with Crippen molar-refractivity contribution in [2.45, 2.75) is 25.5 Å². The molecule has 0 aliphatic carbocycles. The zero-order chi connectivity index (χ0) is 16.9. The number of benzene rings is 1. The van der Waals surface area contributed by atoms with E-state index in [-0.39, 0.29) is 11.9 Å². The zero-order valence-electron chi connectivity index (χ0n) is 13.6. The molecule has 1 aromatic carbocycles. The third-order valence-corrected chi connectivity index (χ3v) is 4.81. The average molecular weight is 347 g/mol. The molecule has 1 amide bonds. The molecule has 6 nitrogen and oxygen atoms in total. The zero-order valence-corrected chi connectivity index (χ0v) is 14.4. The van der Waals surface area contributed by atoms with Crippen LogP contribution in [0.1, 0.15) is 28.9 Å². The summed E-state index contributed by atoms with van der Waals surface area (Å²) >= 11 is 1.52. The van der Waals surface area contributed by atoms with E-state index in [4.69, 9.17) is 15.2 Å². The number of methoxy groups -OCH3 is 1. The van der Waals surface area contributed by atoms with Crippen molar-refractivity contribution < 1.29 is 14.3 Å². The van der Waals surface area contributed by atoms with E-state index in [1.54, 1.807) is 30.8 Å². The van der Waals surface area contributed by atoms with E-state index in [1.165, 1.54) is 11.3 Å². The Hall–Kier alpha value is -2.12. The second-order valence-electron chi connectivity index (χ2n) is 5.66. The van der Waals surface area contributed by atoms with Crippen molar-refractivity contribution in [2.75, 3.05) is 20.2 Å². The number of ether oxygens (including phenoxy) is 2. The van der Waals surface area contributed by atoms with Crippen molar-refractivity contribution in [3.63, 3.8) is 0 Å². The number of thiazole rings is 1. The summed E-state index contributed by atoms with van der Waals surface area (Å²) in [4.78, 5) is 18.7. The monoisotopic (exact) mass is 347 g/mol. The van der Waals surface area contributed by atoms with Gasteiger partial charge in [0.15, 0.2) is 11.5 Å². The second kappa shape index (κ2) is 7.63. The van der Waals surface area contributed by atoms with Crippen LogP contribution in [0, 0.1) is 0 Å². The SMILES string of the molecule is COc1cc(C(=O)N2CCCC2CN)ccc1OCc1cscn1. The van der Waals surface area contributed by atoms with Crippen molar-refractivity contribution >= 4 is 17.2 Å². The predicted molar refractivity (Wildman–Crippen MR) is 92.6 cm³/mol. The van der Waals surface area contributed by atoms with Gasteiger partial charge >= 0.3 is 0 Å². The van der Waals surface area contributed by atoms with Crippen molar-refractivity contribution in [3.05, 3.63) is 40.3 Å². The van der Waals surface area contributed by atoms with Crippen molar-refractivity contribution in [1.29, 1.82) is 0 Å². The summed E-state index contributed by atoms with van der Waals surface area (Å²) < 4.78 is 11.1. The van der Waals surface area contributed by atoms with Crippen molar-refractivity contribution in [3.8, 4) is 11.5 Å². The summed E-state index contributed by atoms with van der Waals surface area (Å²) in [6.45, 7) is 1.62. The molecule has 0 spiro atoms. The third kappa shape index (κ3) is 3.52. The van der Waals surface area contributed by atoms with Crippen LogP contribution < -0.4 is 15.2 Å². The molecule has 1 aliphatic rings. The van der Waals surface area contributed by atoms with E-state index in [1.807, 2.05) is 10.3 Å². The van der Waals surface area contributed by atoms with Crippen LogP contribution in [-0.4, -0.2) is 42.0 Å². The molecule has 7 heteroatoms. The van der Waals surface area contributed by atoms with Gasteiger partial charge in [-0.25, -0.2) is 4.98 Å². The first-order chi connectivity index (χ1) is 11.7. The standard InChI is InChI=1S/C17H21N3O3S/c1-22-16-7-12(17(21)20-6-2-3-14(20)8-18)4-5-15(16)23-9-13-10-24-11-19-13/h4-5,7,10-11,14H,2-3,6,8-9,18H2,1H3. The molecule has 1 aliphatic heterocycles. The molecule has 0 saturated carbocycles. The first kappa shape index (κ1) is 16.7. The highest BCUT2D eigenvalue weighted by Crippen LogP contribution is 2.30. The summed E-state index contributed by atoms with van der Waals surface area (Å²) in [7, 11) is 1.57. The molecule has 128 valence electrons. The Kier molecular flexibility index (Phi) is 5.32. The lowest BCUT2D eigenvalue weighted by molar-refractivity contribution is 0.0740. The molecule has 0 radical (unpaired) electrons. The molecule has 2 heterocycles. The Bertz CT molecular complexity index is 690. The Morgan fingerprint density at radius 3 is 3.04 bits per heavy atom. The fourth-order valence-corrected chi connectivity index (χ4v) is 3.44. The maximum absolute atomic E-state index is 12.7. The fourth-order valence-electron chi connectivity index (χ4n) is 2.89. The molecule has 1 aromatic heterocycles. The minimum atomic E-state index is -0.00713. The van der Waals surface area contributed by atoms with Gasteiger partial charge in [0.2, 0.25) is 0 Å². The molecule has 1 saturated heterocycles. The van der Waals surface area contributed by atoms with Gasteiger partial charge in [0, 0.05) is 30.1 Å². The lowest BCUT2D eigenvalue weighted by Gasteiger charge is -2.24. The molecule has 1 atom stereocenters. The average Bonchev–Trinajstić information content (AvgIpc) is 3.30. The number of hydrogen-bond acceptors (Lipinski definition) is 6. The Labute approximate surface area is 145 Å². The van der Waals surface area contributed by atoms with Crippen molar-refractivity contribution in [1.82, 2.24) is 9.88 Å². The van der Waals surface area contributed by atoms with Crippen LogP contribution in [0.2, 0.25) is 0 Å². The van der Waals surface area contributed by atoms with Gasteiger partial charge in [-0.3, -0.25) is 4.79 Å². The number of nitrogens with zero attached hydrogens (tertiary/aromatic N) is 2. The highest BCUT2D eigenvalue weighted by Gasteiger charge is 2.28. The quantitative estimate of drug-likeness (QED) is 0.867. The van der Waals surface area contributed by atoms with E-state index in [0.717, 1.165) is 25.1 Å². The highest BCUT2D eigenvalue weighted by molar-refractivity contribution is 7.07. The van der Waals surface area contributed by atoms with Gasteiger partial charge in [0.25, 0.3) is 5.91 Å².